The summed E-state index contributed by atoms with van der Waals surface area (Å²) in [7, 11) is 1.88. The molecule has 3 aromatic heterocycles. The topological polar surface area (TPSA) is 82.0 Å². The quantitative estimate of drug-likeness (QED) is 0.718. The van der Waals surface area contributed by atoms with Crippen LogP contribution in [0, 0.1) is 13.8 Å². The van der Waals surface area contributed by atoms with Crippen LogP contribution >= 0.6 is 0 Å². The van der Waals surface area contributed by atoms with Crippen LogP contribution in [0.1, 0.15) is 35.8 Å². The highest BCUT2D eigenvalue weighted by Gasteiger charge is 2.34. The molecule has 0 aromatic carbocycles. The van der Waals surface area contributed by atoms with Gasteiger partial charge in [0.2, 0.25) is 5.91 Å². The van der Waals surface area contributed by atoms with Crippen LogP contribution in [0.15, 0.2) is 29.2 Å². The van der Waals surface area contributed by atoms with Gasteiger partial charge in [-0.2, -0.15) is 10.2 Å². The van der Waals surface area contributed by atoms with Crippen molar-refractivity contribution in [3.63, 3.8) is 0 Å². The van der Waals surface area contributed by atoms with E-state index in [1.165, 1.54) is 0 Å². The minimum absolute atomic E-state index is 0.0548. The lowest BCUT2D eigenvalue weighted by atomic mass is 10.1. The van der Waals surface area contributed by atoms with E-state index in [-0.39, 0.29) is 18.5 Å². The maximum absolute atomic E-state index is 12.9. The van der Waals surface area contributed by atoms with Gasteiger partial charge < -0.3 is 9.42 Å². The standard InChI is InChI=1S/C18H22N6O2/c1-12-8-19-23(9-12)11-17(25)24-6-4-5-15(24)18-14(10-22(3)20-18)16-7-13(2)21-26-16/h7-10,15H,4-6,11H2,1-3H3. The van der Waals surface area contributed by atoms with E-state index in [0.29, 0.717) is 5.76 Å². The number of carbonyl (C=O) groups excluding carboxylic acids is 1. The van der Waals surface area contributed by atoms with E-state index in [1.54, 1.807) is 15.6 Å². The van der Waals surface area contributed by atoms with E-state index in [9.17, 15) is 4.79 Å². The molecule has 0 spiro atoms. The van der Waals surface area contributed by atoms with Crippen molar-refractivity contribution in [3.8, 4) is 11.3 Å². The van der Waals surface area contributed by atoms with Gasteiger partial charge in [-0.25, -0.2) is 0 Å². The minimum atomic E-state index is -0.0548. The summed E-state index contributed by atoms with van der Waals surface area (Å²) in [6.07, 6.45) is 7.42. The zero-order valence-corrected chi connectivity index (χ0v) is 15.2. The number of carbonyl (C=O) groups is 1. The Balaban J connectivity index is 1.61. The molecule has 8 heteroatoms. The fraction of sp³-hybridized carbons (Fsp3) is 0.444. The largest absolute Gasteiger partial charge is 0.356 e. The molecule has 0 saturated carbocycles. The SMILES string of the molecule is Cc1cnn(CC(=O)N2CCCC2c2nn(C)cc2-c2cc(C)no2)c1. The summed E-state index contributed by atoms with van der Waals surface area (Å²) in [6.45, 7) is 4.83. The van der Waals surface area contributed by atoms with Crippen LogP contribution in [0.5, 0.6) is 0 Å². The van der Waals surface area contributed by atoms with Crippen molar-refractivity contribution in [2.45, 2.75) is 39.3 Å². The number of hydrogen-bond acceptors (Lipinski definition) is 5. The molecule has 26 heavy (non-hydrogen) atoms. The second kappa shape index (κ2) is 6.44. The van der Waals surface area contributed by atoms with Gasteiger partial charge >= 0.3 is 0 Å². The summed E-state index contributed by atoms with van der Waals surface area (Å²) >= 11 is 0. The predicted octanol–water partition coefficient (Wildman–Crippen LogP) is 2.25. The Labute approximate surface area is 151 Å². The summed E-state index contributed by atoms with van der Waals surface area (Å²) < 4.78 is 8.89. The van der Waals surface area contributed by atoms with Crippen molar-refractivity contribution in [2.24, 2.45) is 7.05 Å². The molecule has 0 N–H and O–H groups in total. The zero-order chi connectivity index (χ0) is 18.3. The highest BCUT2D eigenvalue weighted by atomic mass is 16.5. The molecule has 0 radical (unpaired) electrons. The average Bonchev–Trinajstić information content (AvgIpc) is 3.34. The Morgan fingerprint density at radius 1 is 1.35 bits per heavy atom. The monoisotopic (exact) mass is 354 g/mol. The first-order chi connectivity index (χ1) is 12.5. The number of hydrogen-bond donors (Lipinski definition) is 0. The second-order valence-corrected chi connectivity index (χ2v) is 6.89. The Bertz CT molecular complexity index is 937. The van der Waals surface area contributed by atoms with Gasteiger partial charge in [0.05, 0.1) is 29.2 Å². The van der Waals surface area contributed by atoms with Crippen molar-refractivity contribution in [2.75, 3.05) is 6.54 Å². The van der Waals surface area contributed by atoms with Crippen LogP contribution in [-0.4, -0.2) is 42.1 Å². The van der Waals surface area contributed by atoms with Gasteiger partial charge in [-0.3, -0.25) is 14.2 Å². The fourth-order valence-corrected chi connectivity index (χ4v) is 3.56. The van der Waals surface area contributed by atoms with Gasteiger partial charge in [0.15, 0.2) is 5.76 Å². The third kappa shape index (κ3) is 3.02. The van der Waals surface area contributed by atoms with E-state index in [4.69, 9.17) is 4.52 Å². The summed E-state index contributed by atoms with van der Waals surface area (Å²) in [5, 5.41) is 12.8. The molecule has 1 unspecified atom stereocenters. The molecule has 1 atom stereocenters. The van der Waals surface area contributed by atoms with Crippen LogP contribution < -0.4 is 0 Å². The Hall–Kier alpha value is -2.90. The molecule has 1 saturated heterocycles. The van der Waals surface area contributed by atoms with Gasteiger partial charge in [0.25, 0.3) is 0 Å². The maximum Gasteiger partial charge on any atom is 0.244 e. The fourth-order valence-electron chi connectivity index (χ4n) is 3.56. The Morgan fingerprint density at radius 3 is 2.88 bits per heavy atom. The average molecular weight is 354 g/mol. The van der Waals surface area contributed by atoms with Crippen molar-refractivity contribution in [1.82, 2.24) is 29.6 Å². The molecular weight excluding hydrogens is 332 g/mol. The third-order valence-electron chi connectivity index (χ3n) is 4.70. The lowest BCUT2D eigenvalue weighted by molar-refractivity contribution is -0.133. The lowest BCUT2D eigenvalue weighted by Gasteiger charge is -2.24. The molecule has 1 aliphatic rings. The van der Waals surface area contributed by atoms with Gasteiger partial charge in [0.1, 0.15) is 6.54 Å². The van der Waals surface area contributed by atoms with Gasteiger partial charge in [-0.05, 0) is 32.3 Å². The Morgan fingerprint density at radius 2 is 2.19 bits per heavy atom. The molecule has 4 rings (SSSR count). The predicted molar refractivity (Wildman–Crippen MR) is 94.1 cm³/mol. The number of rotatable bonds is 4. The van der Waals surface area contributed by atoms with Crippen molar-refractivity contribution >= 4 is 5.91 Å². The summed E-state index contributed by atoms with van der Waals surface area (Å²) in [5.41, 5.74) is 3.63. The normalized spacial score (nSPS) is 17.2. The molecule has 4 heterocycles. The van der Waals surface area contributed by atoms with E-state index in [0.717, 1.165) is 41.9 Å². The molecule has 3 aromatic rings. The molecule has 0 aliphatic carbocycles. The number of aromatic nitrogens is 5. The molecule has 0 bridgehead atoms. The van der Waals surface area contributed by atoms with E-state index < -0.39 is 0 Å². The van der Waals surface area contributed by atoms with Crippen LogP contribution in [0.2, 0.25) is 0 Å². The van der Waals surface area contributed by atoms with Gasteiger partial charge in [-0.1, -0.05) is 5.16 Å². The molecule has 8 nitrogen and oxygen atoms in total. The van der Waals surface area contributed by atoms with Crippen LogP contribution in [0.4, 0.5) is 0 Å². The smallest absolute Gasteiger partial charge is 0.244 e. The van der Waals surface area contributed by atoms with Crippen LogP contribution in [-0.2, 0) is 18.4 Å². The second-order valence-electron chi connectivity index (χ2n) is 6.89. The van der Waals surface area contributed by atoms with Crippen LogP contribution in [0.25, 0.3) is 11.3 Å². The number of likely N-dealkylation sites (tertiary alicyclic amines) is 1. The van der Waals surface area contributed by atoms with Crippen molar-refractivity contribution in [1.29, 1.82) is 0 Å². The number of amides is 1. The van der Waals surface area contributed by atoms with Gasteiger partial charge in [0, 0.05) is 32.1 Å². The zero-order valence-electron chi connectivity index (χ0n) is 15.2. The maximum atomic E-state index is 12.9. The molecular formula is C18H22N6O2. The number of aryl methyl sites for hydroxylation is 3. The Kier molecular flexibility index (Phi) is 4.10. The summed E-state index contributed by atoms with van der Waals surface area (Å²) in [4.78, 5) is 14.8. The first-order valence-electron chi connectivity index (χ1n) is 8.77. The first kappa shape index (κ1) is 16.6. The molecule has 136 valence electrons. The molecule has 1 aliphatic heterocycles. The van der Waals surface area contributed by atoms with E-state index >= 15 is 0 Å². The molecule has 1 fully saturated rings. The van der Waals surface area contributed by atoms with E-state index in [2.05, 4.69) is 15.4 Å². The molecule has 1 amide bonds. The summed E-state index contributed by atoms with van der Waals surface area (Å²) in [5.74, 6) is 0.744. The van der Waals surface area contributed by atoms with Crippen molar-refractivity contribution < 1.29 is 9.32 Å². The first-order valence-corrected chi connectivity index (χ1v) is 8.77. The highest BCUT2D eigenvalue weighted by molar-refractivity contribution is 5.77. The third-order valence-corrected chi connectivity index (χ3v) is 4.70. The summed E-state index contributed by atoms with van der Waals surface area (Å²) in [6, 6.07) is 1.84. The van der Waals surface area contributed by atoms with Crippen molar-refractivity contribution in [3.05, 3.63) is 41.6 Å². The lowest BCUT2D eigenvalue weighted by Crippen LogP contribution is -2.34. The minimum Gasteiger partial charge on any atom is -0.356 e. The number of nitrogens with zero attached hydrogens (tertiary/aromatic N) is 6. The van der Waals surface area contributed by atoms with E-state index in [1.807, 2.05) is 44.3 Å². The highest BCUT2D eigenvalue weighted by Crippen LogP contribution is 2.37. The van der Waals surface area contributed by atoms with Crippen LogP contribution in [0.3, 0.4) is 0 Å². The van der Waals surface area contributed by atoms with Gasteiger partial charge in [-0.15, -0.1) is 0 Å².